The second-order valence-corrected chi connectivity index (χ2v) is 10.6. The minimum atomic E-state index is 0.497. The van der Waals surface area contributed by atoms with Crippen molar-refractivity contribution in [3.8, 4) is 21.7 Å². The van der Waals surface area contributed by atoms with Gasteiger partial charge in [0.15, 0.2) is 0 Å². The molecule has 0 saturated carbocycles. The number of furan rings is 1. The summed E-state index contributed by atoms with van der Waals surface area (Å²) in [7, 11) is 0. The molecule has 3 nitrogen and oxygen atoms in total. The Morgan fingerprint density at radius 1 is 0.970 bits per heavy atom. The smallest absolute Gasteiger partial charge is 0.118 e. The van der Waals surface area contributed by atoms with Crippen LogP contribution in [0.4, 0.5) is 0 Å². The van der Waals surface area contributed by atoms with Crippen molar-refractivity contribution in [3.63, 3.8) is 0 Å². The number of aromatic nitrogens is 1. The molecule has 0 radical (unpaired) electrons. The second-order valence-electron chi connectivity index (χ2n) is 9.11. The molecule has 1 fully saturated rings. The number of halogens is 1. The molecule has 1 aliphatic rings. The number of hydrogen-bond acceptors (Lipinski definition) is 4. The number of thiazole rings is 1. The van der Waals surface area contributed by atoms with E-state index < -0.39 is 0 Å². The molecule has 2 aromatic carbocycles. The van der Waals surface area contributed by atoms with Gasteiger partial charge in [0.1, 0.15) is 11.5 Å². The van der Waals surface area contributed by atoms with Crippen LogP contribution in [0.3, 0.4) is 0 Å². The zero-order chi connectivity index (χ0) is 22.9. The van der Waals surface area contributed by atoms with E-state index in [1.54, 1.807) is 0 Å². The fourth-order valence-corrected chi connectivity index (χ4v) is 5.89. The van der Waals surface area contributed by atoms with Crippen LogP contribution in [0.15, 0.2) is 59.0 Å². The molecule has 3 heterocycles. The van der Waals surface area contributed by atoms with Crippen LogP contribution in [0, 0.1) is 20.8 Å². The Labute approximate surface area is 205 Å². The monoisotopic (exact) mass is 476 g/mol. The summed E-state index contributed by atoms with van der Waals surface area (Å²) < 4.78 is 5.90. The molecule has 1 saturated heterocycles. The number of nitrogens with zero attached hydrogens (tertiary/aromatic N) is 2. The quantitative estimate of drug-likeness (QED) is 0.292. The van der Waals surface area contributed by atoms with Crippen LogP contribution in [0.1, 0.15) is 46.4 Å². The van der Waals surface area contributed by atoms with Crippen molar-refractivity contribution in [2.45, 2.75) is 46.1 Å². The van der Waals surface area contributed by atoms with Gasteiger partial charge in [-0.05, 0) is 76.0 Å². The van der Waals surface area contributed by atoms with Crippen molar-refractivity contribution in [3.05, 3.63) is 87.3 Å². The first-order valence-electron chi connectivity index (χ1n) is 11.6. The van der Waals surface area contributed by atoms with Gasteiger partial charge in [0.2, 0.25) is 0 Å². The van der Waals surface area contributed by atoms with E-state index in [0.29, 0.717) is 5.92 Å². The Hall–Kier alpha value is -2.40. The average Bonchev–Trinajstić information content (AvgIpc) is 3.39. The van der Waals surface area contributed by atoms with Gasteiger partial charge >= 0.3 is 0 Å². The van der Waals surface area contributed by atoms with Crippen LogP contribution in [-0.4, -0.2) is 23.0 Å². The summed E-state index contributed by atoms with van der Waals surface area (Å²) in [5.41, 5.74) is 5.93. The first kappa shape index (κ1) is 22.4. The zero-order valence-corrected chi connectivity index (χ0v) is 21.0. The highest BCUT2D eigenvalue weighted by molar-refractivity contribution is 7.15. The maximum Gasteiger partial charge on any atom is 0.118 e. The lowest BCUT2D eigenvalue weighted by atomic mass is 9.97. The first-order valence-corrected chi connectivity index (χ1v) is 12.8. The molecule has 4 aromatic rings. The van der Waals surface area contributed by atoms with E-state index in [2.05, 4.69) is 61.2 Å². The highest BCUT2D eigenvalue weighted by atomic mass is 35.5. The maximum atomic E-state index is 6.15. The molecule has 33 heavy (non-hydrogen) atoms. The highest BCUT2D eigenvalue weighted by Gasteiger charge is 2.26. The second kappa shape index (κ2) is 9.46. The van der Waals surface area contributed by atoms with Crippen molar-refractivity contribution >= 4 is 22.9 Å². The molecule has 0 spiro atoms. The number of hydrogen-bond donors (Lipinski definition) is 0. The molecular weight excluding hydrogens is 448 g/mol. The Morgan fingerprint density at radius 2 is 1.64 bits per heavy atom. The topological polar surface area (TPSA) is 29.3 Å². The summed E-state index contributed by atoms with van der Waals surface area (Å²) in [4.78, 5) is 8.94. The highest BCUT2D eigenvalue weighted by Crippen LogP contribution is 2.42. The zero-order valence-electron chi connectivity index (χ0n) is 19.4. The lowest BCUT2D eigenvalue weighted by Crippen LogP contribution is -2.32. The van der Waals surface area contributed by atoms with Crippen LogP contribution in [-0.2, 0) is 6.54 Å². The van der Waals surface area contributed by atoms with E-state index in [0.717, 1.165) is 60.3 Å². The molecule has 0 unspecified atom stereocenters. The number of aryl methyl sites for hydroxylation is 3. The van der Waals surface area contributed by atoms with Crippen LogP contribution in [0.5, 0.6) is 0 Å². The van der Waals surface area contributed by atoms with E-state index in [4.69, 9.17) is 21.0 Å². The molecule has 5 rings (SSSR count). The maximum absolute atomic E-state index is 6.15. The molecular formula is C28H29ClN2OS. The van der Waals surface area contributed by atoms with Gasteiger partial charge in [-0.3, -0.25) is 4.90 Å². The molecule has 0 N–H and O–H groups in total. The summed E-state index contributed by atoms with van der Waals surface area (Å²) in [5.74, 6) is 2.60. The van der Waals surface area contributed by atoms with E-state index in [1.165, 1.54) is 26.6 Å². The summed E-state index contributed by atoms with van der Waals surface area (Å²) in [6.45, 7) is 9.31. The minimum absolute atomic E-state index is 0.497. The molecule has 0 bridgehead atoms. The van der Waals surface area contributed by atoms with Gasteiger partial charge in [-0.1, -0.05) is 53.6 Å². The Bertz CT molecular complexity index is 1150. The Kier molecular flexibility index (Phi) is 6.42. The predicted octanol–water partition coefficient (Wildman–Crippen LogP) is 8.03. The van der Waals surface area contributed by atoms with Gasteiger partial charge in [-0.2, -0.15) is 0 Å². The molecule has 170 valence electrons. The third-order valence-corrected chi connectivity index (χ3v) is 8.13. The third-order valence-electron chi connectivity index (χ3n) is 6.61. The summed E-state index contributed by atoms with van der Waals surface area (Å²) in [5, 5.41) is 2.00. The van der Waals surface area contributed by atoms with Crippen LogP contribution in [0.2, 0.25) is 5.02 Å². The number of likely N-dealkylation sites (tertiary alicyclic amines) is 1. The summed E-state index contributed by atoms with van der Waals surface area (Å²) in [6, 6.07) is 19.0. The minimum Gasteiger partial charge on any atom is -0.465 e. The molecule has 2 aromatic heterocycles. The third kappa shape index (κ3) is 4.93. The number of benzene rings is 2. The average molecular weight is 477 g/mol. The first-order chi connectivity index (χ1) is 16.0. The Balaban J connectivity index is 1.37. The van der Waals surface area contributed by atoms with Gasteiger partial charge < -0.3 is 4.42 Å². The summed E-state index contributed by atoms with van der Waals surface area (Å²) >= 11 is 8.01. The molecule has 0 amide bonds. The van der Waals surface area contributed by atoms with E-state index in [9.17, 15) is 0 Å². The standard InChI is InChI=1S/C28H29ClN2OS/c1-18-4-6-22(7-5-18)27-26(21-8-10-24(29)11-9-21)30-28(33-27)23-12-14-31(15-13-23)17-25-16-19(2)20(3)32-25/h4-11,16,23H,12-15,17H2,1-3H3. The lowest BCUT2D eigenvalue weighted by Gasteiger charge is -2.30. The largest absolute Gasteiger partial charge is 0.465 e. The van der Waals surface area contributed by atoms with Gasteiger partial charge in [0.25, 0.3) is 0 Å². The van der Waals surface area contributed by atoms with E-state index >= 15 is 0 Å². The van der Waals surface area contributed by atoms with Crippen LogP contribution in [0.25, 0.3) is 21.7 Å². The van der Waals surface area contributed by atoms with Crippen molar-refractivity contribution in [1.82, 2.24) is 9.88 Å². The van der Waals surface area contributed by atoms with Gasteiger partial charge in [-0.15, -0.1) is 11.3 Å². The van der Waals surface area contributed by atoms with Crippen molar-refractivity contribution in [1.29, 1.82) is 0 Å². The van der Waals surface area contributed by atoms with Crippen molar-refractivity contribution < 1.29 is 4.42 Å². The van der Waals surface area contributed by atoms with Gasteiger partial charge in [0.05, 0.1) is 22.1 Å². The SMILES string of the molecule is Cc1ccc(-c2sc(C3CCN(Cc4cc(C)c(C)o4)CC3)nc2-c2ccc(Cl)cc2)cc1. The molecule has 0 atom stereocenters. The molecule has 0 aliphatic carbocycles. The fraction of sp³-hybridized carbons (Fsp3) is 0.321. The fourth-order valence-electron chi connectivity index (χ4n) is 4.50. The van der Waals surface area contributed by atoms with E-state index in [-0.39, 0.29) is 0 Å². The molecule has 1 aliphatic heterocycles. The normalized spacial score (nSPS) is 15.3. The Morgan fingerprint density at radius 3 is 2.27 bits per heavy atom. The number of rotatable bonds is 5. The van der Waals surface area contributed by atoms with Crippen molar-refractivity contribution in [2.24, 2.45) is 0 Å². The molecule has 5 heteroatoms. The van der Waals surface area contributed by atoms with Gasteiger partial charge in [0, 0.05) is 16.5 Å². The lowest BCUT2D eigenvalue weighted by molar-refractivity contribution is 0.190. The van der Waals surface area contributed by atoms with Crippen LogP contribution < -0.4 is 0 Å². The van der Waals surface area contributed by atoms with Gasteiger partial charge in [-0.25, -0.2) is 4.98 Å². The van der Waals surface area contributed by atoms with Crippen molar-refractivity contribution in [2.75, 3.05) is 13.1 Å². The summed E-state index contributed by atoms with van der Waals surface area (Å²) in [6.07, 6.45) is 2.25. The number of piperidine rings is 1. The predicted molar refractivity (Wildman–Crippen MR) is 138 cm³/mol. The van der Waals surface area contributed by atoms with Crippen LogP contribution >= 0.6 is 22.9 Å². The van der Waals surface area contributed by atoms with E-state index in [1.807, 2.05) is 30.4 Å².